The normalized spacial score (nSPS) is 13.5. The van der Waals surface area contributed by atoms with Crippen LogP contribution in [0.3, 0.4) is 0 Å². The zero-order valence-corrected chi connectivity index (χ0v) is 12.9. The van der Waals surface area contributed by atoms with Crippen molar-refractivity contribution in [1.82, 2.24) is 4.72 Å². The number of benzene rings is 1. The second kappa shape index (κ2) is 7.45. The van der Waals surface area contributed by atoms with Crippen LogP contribution in [0.2, 0.25) is 10.0 Å². The van der Waals surface area contributed by atoms with Crippen LogP contribution in [0.4, 0.5) is 0 Å². The lowest BCUT2D eigenvalue weighted by molar-refractivity contribution is 0.167. The molecule has 0 aromatic heterocycles. The molecule has 1 rings (SSSR count). The molecule has 0 saturated carbocycles. The topological polar surface area (TPSA) is 66.4 Å². The fourth-order valence-electron chi connectivity index (χ4n) is 1.57. The minimum Gasteiger partial charge on any atom is -0.392 e. The minimum atomic E-state index is -3.57. The van der Waals surface area contributed by atoms with Crippen molar-refractivity contribution in [3.8, 4) is 0 Å². The predicted molar refractivity (Wildman–Crippen MR) is 78.0 cm³/mol. The lowest BCUT2D eigenvalue weighted by atomic mass is 10.2. The molecule has 7 heteroatoms. The van der Waals surface area contributed by atoms with Crippen molar-refractivity contribution in [1.29, 1.82) is 0 Å². The van der Waals surface area contributed by atoms with Gasteiger partial charge in [0.15, 0.2) is 0 Å². The van der Waals surface area contributed by atoms with E-state index in [4.69, 9.17) is 23.2 Å². The first-order valence-electron chi connectivity index (χ1n) is 5.94. The second-order valence-corrected chi connectivity index (χ2v) is 6.87. The summed E-state index contributed by atoms with van der Waals surface area (Å²) >= 11 is 11.8. The Morgan fingerprint density at radius 2 is 1.89 bits per heavy atom. The van der Waals surface area contributed by atoms with Gasteiger partial charge >= 0.3 is 0 Å². The van der Waals surface area contributed by atoms with Crippen LogP contribution in [0.25, 0.3) is 0 Å². The predicted octanol–water partition coefficient (Wildman–Crippen LogP) is 2.57. The lowest BCUT2D eigenvalue weighted by Gasteiger charge is -2.12. The van der Waals surface area contributed by atoms with Gasteiger partial charge in [-0.1, -0.05) is 42.6 Å². The average Bonchev–Trinajstić information content (AvgIpc) is 2.32. The average molecular weight is 326 g/mol. The summed E-state index contributed by atoms with van der Waals surface area (Å²) in [6, 6.07) is 4.83. The van der Waals surface area contributed by atoms with Crippen molar-refractivity contribution in [2.75, 3.05) is 6.54 Å². The molecule has 0 heterocycles. The van der Waals surface area contributed by atoms with E-state index in [0.717, 1.165) is 6.42 Å². The molecule has 0 spiro atoms. The molecule has 108 valence electrons. The Morgan fingerprint density at radius 1 is 1.32 bits per heavy atom. The number of hydrogen-bond acceptors (Lipinski definition) is 3. The molecule has 1 aromatic carbocycles. The first-order chi connectivity index (χ1) is 8.85. The Morgan fingerprint density at radius 3 is 2.42 bits per heavy atom. The summed E-state index contributed by atoms with van der Waals surface area (Å²) in [4.78, 5) is 0. The van der Waals surface area contributed by atoms with Crippen LogP contribution < -0.4 is 4.72 Å². The van der Waals surface area contributed by atoms with Crippen molar-refractivity contribution < 1.29 is 13.5 Å². The summed E-state index contributed by atoms with van der Waals surface area (Å²) < 4.78 is 26.1. The third-order valence-electron chi connectivity index (χ3n) is 2.56. The van der Waals surface area contributed by atoms with Crippen molar-refractivity contribution in [3.63, 3.8) is 0 Å². The highest BCUT2D eigenvalue weighted by atomic mass is 35.5. The van der Waals surface area contributed by atoms with Crippen LogP contribution in [-0.2, 0) is 15.8 Å². The van der Waals surface area contributed by atoms with Crippen LogP contribution in [0.1, 0.15) is 25.3 Å². The standard InChI is InChI=1S/C12H17Cl2NO3S/c1-2-4-9(16)7-15-19(17,18)8-10-11(13)5-3-6-12(10)14/h3,5-6,9,15-16H,2,4,7-8H2,1H3. The van der Waals surface area contributed by atoms with Crippen LogP contribution >= 0.6 is 23.2 Å². The van der Waals surface area contributed by atoms with Gasteiger partial charge in [0.1, 0.15) is 0 Å². The van der Waals surface area contributed by atoms with E-state index in [9.17, 15) is 13.5 Å². The third-order valence-corrected chi connectivity index (χ3v) is 4.54. The van der Waals surface area contributed by atoms with Gasteiger partial charge in [0, 0.05) is 22.2 Å². The van der Waals surface area contributed by atoms with E-state index in [1.807, 2.05) is 6.92 Å². The van der Waals surface area contributed by atoms with Crippen LogP contribution in [0.15, 0.2) is 18.2 Å². The molecule has 0 fully saturated rings. The summed E-state index contributed by atoms with van der Waals surface area (Å²) in [7, 11) is -3.57. The zero-order valence-electron chi connectivity index (χ0n) is 10.6. The minimum absolute atomic E-state index is 0.00174. The summed E-state index contributed by atoms with van der Waals surface area (Å²) in [6.07, 6.45) is 0.663. The maximum atomic E-state index is 11.9. The van der Waals surface area contributed by atoms with Gasteiger partial charge in [-0.2, -0.15) is 0 Å². The van der Waals surface area contributed by atoms with Crippen molar-refractivity contribution in [2.45, 2.75) is 31.6 Å². The largest absolute Gasteiger partial charge is 0.392 e. The molecule has 4 nitrogen and oxygen atoms in total. The molecule has 0 aliphatic heterocycles. The fourth-order valence-corrected chi connectivity index (χ4v) is 3.50. The van der Waals surface area contributed by atoms with Gasteiger partial charge in [0.2, 0.25) is 10.0 Å². The summed E-state index contributed by atoms with van der Waals surface area (Å²) in [6.45, 7) is 1.92. The van der Waals surface area contributed by atoms with Gasteiger partial charge in [-0.15, -0.1) is 0 Å². The van der Waals surface area contributed by atoms with E-state index >= 15 is 0 Å². The Hall–Kier alpha value is -0.330. The molecule has 1 atom stereocenters. The lowest BCUT2D eigenvalue weighted by Crippen LogP contribution is -2.33. The van der Waals surface area contributed by atoms with Crippen LogP contribution in [0.5, 0.6) is 0 Å². The number of aliphatic hydroxyl groups excluding tert-OH is 1. The summed E-state index contributed by atoms with van der Waals surface area (Å²) in [5.41, 5.74) is 0.364. The number of sulfonamides is 1. The van der Waals surface area contributed by atoms with Gasteiger partial charge in [-0.3, -0.25) is 0 Å². The maximum Gasteiger partial charge on any atom is 0.215 e. The van der Waals surface area contributed by atoms with Gasteiger partial charge in [-0.05, 0) is 18.6 Å². The number of halogens is 2. The van der Waals surface area contributed by atoms with E-state index < -0.39 is 16.1 Å². The first kappa shape index (κ1) is 16.7. The SMILES string of the molecule is CCCC(O)CNS(=O)(=O)Cc1c(Cl)cccc1Cl. The van der Waals surface area contributed by atoms with Gasteiger partial charge < -0.3 is 5.11 Å². The molecule has 19 heavy (non-hydrogen) atoms. The highest BCUT2D eigenvalue weighted by Crippen LogP contribution is 2.25. The smallest absolute Gasteiger partial charge is 0.215 e. The van der Waals surface area contributed by atoms with E-state index in [2.05, 4.69) is 4.72 Å². The quantitative estimate of drug-likeness (QED) is 0.809. The number of hydrogen-bond donors (Lipinski definition) is 2. The first-order valence-corrected chi connectivity index (χ1v) is 8.35. The molecule has 2 N–H and O–H groups in total. The molecule has 0 bridgehead atoms. The molecule has 0 amide bonds. The summed E-state index contributed by atoms with van der Waals surface area (Å²) in [5, 5.41) is 10.1. The van der Waals surface area contributed by atoms with E-state index in [1.54, 1.807) is 18.2 Å². The molecule has 0 saturated heterocycles. The molecule has 0 aliphatic carbocycles. The fraction of sp³-hybridized carbons (Fsp3) is 0.500. The number of rotatable bonds is 7. The Labute approximate surface area is 123 Å². The number of nitrogens with one attached hydrogen (secondary N) is 1. The van der Waals surface area contributed by atoms with Crippen molar-refractivity contribution >= 4 is 33.2 Å². The Bertz CT molecular complexity index is 499. The molecule has 1 unspecified atom stereocenters. The molecule has 0 radical (unpaired) electrons. The third kappa shape index (κ3) is 5.67. The van der Waals surface area contributed by atoms with E-state index in [0.29, 0.717) is 22.0 Å². The Balaban J connectivity index is 2.70. The zero-order chi connectivity index (χ0) is 14.5. The molecular weight excluding hydrogens is 309 g/mol. The molecular formula is C12H17Cl2NO3S. The highest BCUT2D eigenvalue weighted by Gasteiger charge is 2.17. The highest BCUT2D eigenvalue weighted by molar-refractivity contribution is 7.88. The second-order valence-electron chi connectivity index (χ2n) is 4.25. The van der Waals surface area contributed by atoms with Crippen molar-refractivity contribution in [2.24, 2.45) is 0 Å². The van der Waals surface area contributed by atoms with Crippen LogP contribution in [0, 0.1) is 0 Å². The molecule has 0 aliphatic rings. The Kier molecular flexibility index (Phi) is 6.56. The van der Waals surface area contributed by atoms with Gasteiger partial charge in [-0.25, -0.2) is 13.1 Å². The van der Waals surface area contributed by atoms with E-state index in [-0.39, 0.29) is 12.3 Å². The maximum absolute atomic E-state index is 11.9. The van der Waals surface area contributed by atoms with E-state index in [1.165, 1.54) is 0 Å². The summed E-state index contributed by atoms with van der Waals surface area (Å²) in [5.74, 6) is -0.301. The molecule has 1 aromatic rings. The van der Waals surface area contributed by atoms with Gasteiger partial charge in [0.25, 0.3) is 0 Å². The van der Waals surface area contributed by atoms with Crippen molar-refractivity contribution in [3.05, 3.63) is 33.8 Å². The monoisotopic (exact) mass is 325 g/mol. The van der Waals surface area contributed by atoms with Crippen LogP contribution in [-0.4, -0.2) is 26.2 Å². The number of aliphatic hydroxyl groups is 1. The van der Waals surface area contributed by atoms with Gasteiger partial charge in [0.05, 0.1) is 11.9 Å².